The summed E-state index contributed by atoms with van der Waals surface area (Å²) in [4.78, 5) is 22.4. The minimum absolute atomic E-state index is 0.0474. The van der Waals surface area contributed by atoms with Gasteiger partial charge in [-0.3, -0.25) is 9.36 Å². The van der Waals surface area contributed by atoms with Crippen molar-refractivity contribution in [3.63, 3.8) is 0 Å². The molecule has 98 valence electrons. The first-order valence-electron chi connectivity index (χ1n) is 6.29. The minimum atomic E-state index is 0.0474. The number of rotatable bonds is 2. The van der Waals surface area contributed by atoms with Crippen LogP contribution >= 0.6 is 0 Å². The summed E-state index contributed by atoms with van der Waals surface area (Å²) < 4.78 is 1.80. The Morgan fingerprint density at radius 2 is 2.11 bits per heavy atom. The van der Waals surface area contributed by atoms with Crippen molar-refractivity contribution in [1.82, 2.24) is 24.8 Å². The molecule has 0 saturated carbocycles. The number of pyridine rings is 1. The van der Waals surface area contributed by atoms with Crippen molar-refractivity contribution in [2.24, 2.45) is 0 Å². The smallest absolute Gasteiger partial charge is 0.255 e. The molecule has 2 aromatic heterocycles. The molecule has 1 amide bonds. The summed E-state index contributed by atoms with van der Waals surface area (Å²) in [6, 6.07) is 3.64. The Hall–Kier alpha value is -2.21. The topological polar surface area (TPSA) is 63.1 Å². The van der Waals surface area contributed by atoms with Crippen LogP contribution in [0.2, 0.25) is 0 Å². The Balaban J connectivity index is 1.76. The minimum Gasteiger partial charge on any atom is -0.336 e. The van der Waals surface area contributed by atoms with E-state index in [2.05, 4.69) is 15.3 Å². The molecule has 1 N–H and O–H groups in total. The van der Waals surface area contributed by atoms with Gasteiger partial charge in [0.2, 0.25) is 0 Å². The van der Waals surface area contributed by atoms with Crippen LogP contribution in [0.1, 0.15) is 10.4 Å². The van der Waals surface area contributed by atoms with Crippen molar-refractivity contribution in [3.8, 4) is 5.82 Å². The van der Waals surface area contributed by atoms with Gasteiger partial charge in [-0.2, -0.15) is 0 Å². The lowest BCUT2D eigenvalue weighted by molar-refractivity contribution is 0.0735. The lowest BCUT2D eigenvalue weighted by Gasteiger charge is -2.27. The zero-order valence-electron chi connectivity index (χ0n) is 10.5. The summed E-state index contributed by atoms with van der Waals surface area (Å²) in [7, 11) is 0. The van der Waals surface area contributed by atoms with E-state index in [0.717, 1.165) is 32.0 Å². The summed E-state index contributed by atoms with van der Waals surface area (Å²) in [5.74, 6) is 0.806. The number of aromatic nitrogens is 3. The molecular weight excluding hydrogens is 242 g/mol. The van der Waals surface area contributed by atoms with Gasteiger partial charge in [0, 0.05) is 44.8 Å². The number of piperazine rings is 1. The molecule has 3 rings (SSSR count). The van der Waals surface area contributed by atoms with E-state index in [1.807, 2.05) is 23.2 Å². The quantitative estimate of drug-likeness (QED) is 0.841. The van der Waals surface area contributed by atoms with Gasteiger partial charge in [-0.1, -0.05) is 0 Å². The van der Waals surface area contributed by atoms with E-state index in [0.29, 0.717) is 5.56 Å². The van der Waals surface area contributed by atoms with E-state index in [1.165, 1.54) is 0 Å². The van der Waals surface area contributed by atoms with Crippen molar-refractivity contribution in [1.29, 1.82) is 0 Å². The van der Waals surface area contributed by atoms with Crippen molar-refractivity contribution in [3.05, 3.63) is 42.6 Å². The molecule has 6 heteroatoms. The molecule has 1 aliphatic rings. The van der Waals surface area contributed by atoms with Gasteiger partial charge >= 0.3 is 0 Å². The van der Waals surface area contributed by atoms with Gasteiger partial charge in [0.05, 0.1) is 5.56 Å². The molecule has 3 heterocycles. The molecule has 0 spiro atoms. The molecule has 1 saturated heterocycles. The molecule has 1 fully saturated rings. The van der Waals surface area contributed by atoms with Crippen molar-refractivity contribution >= 4 is 5.91 Å². The molecular formula is C13H15N5O. The molecule has 0 bridgehead atoms. The number of hydrogen-bond donors (Lipinski definition) is 1. The first-order valence-corrected chi connectivity index (χ1v) is 6.29. The van der Waals surface area contributed by atoms with Gasteiger partial charge in [-0.15, -0.1) is 0 Å². The Labute approximate surface area is 111 Å². The molecule has 0 aromatic carbocycles. The number of imidazole rings is 1. The van der Waals surface area contributed by atoms with E-state index >= 15 is 0 Å². The highest BCUT2D eigenvalue weighted by Crippen LogP contribution is 2.08. The van der Waals surface area contributed by atoms with Crippen LogP contribution in [0.4, 0.5) is 0 Å². The summed E-state index contributed by atoms with van der Waals surface area (Å²) in [6.45, 7) is 3.21. The van der Waals surface area contributed by atoms with Crippen molar-refractivity contribution in [2.75, 3.05) is 26.2 Å². The van der Waals surface area contributed by atoms with E-state index in [1.54, 1.807) is 23.3 Å². The predicted octanol–water partition coefficient (Wildman–Crippen LogP) is 0.313. The summed E-state index contributed by atoms with van der Waals surface area (Å²) in [6.07, 6.45) is 6.82. The van der Waals surface area contributed by atoms with Crippen molar-refractivity contribution in [2.45, 2.75) is 0 Å². The molecule has 0 radical (unpaired) electrons. The molecule has 0 aliphatic carbocycles. The van der Waals surface area contributed by atoms with Gasteiger partial charge in [0.25, 0.3) is 5.91 Å². The lowest BCUT2D eigenvalue weighted by atomic mass is 10.2. The number of nitrogens with zero attached hydrogens (tertiary/aromatic N) is 4. The zero-order chi connectivity index (χ0) is 13.1. The van der Waals surface area contributed by atoms with E-state index in [9.17, 15) is 4.79 Å². The highest BCUT2D eigenvalue weighted by Gasteiger charge is 2.17. The van der Waals surface area contributed by atoms with Crippen molar-refractivity contribution < 1.29 is 4.79 Å². The number of carbonyl (C=O) groups excluding carboxylic acids is 1. The average molecular weight is 257 g/mol. The number of hydrogen-bond acceptors (Lipinski definition) is 4. The van der Waals surface area contributed by atoms with Crippen LogP contribution in [-0.2, 0) is 0 Å². The highest BCUT2D eigenvalue weighted by molar-refractivity contribution is 5.94. The Morgan fingerprint density at radius 1 is 1.26 bits per heavy atom. The summed E-state index contributed by atoms with van der Waals surface area (Å²) >= 11 is 0. The van der Waals surface area contributed by atoms with Gasteiger partial charge < -0.3 is 10.2 Å². The van der Waals surface area contributed by atoms with Crippen LogP contribution in [0.5, 0.6) is 0 Å². The fraction of sp³-hybridized carbons (Fsp3) is 0.308. The SMILES string of the molecule is O=C(c1ccc(-n2ccnc2)nc1)N1CCNCC1. The number of carbonyl (C=O) groups is 1. The normalized spacial score (nSPS) is 15.5. The van der Waals surface area contributed by atoms with Gasteiger partial charge in [-0.25, -0.2) is 9.97 Å². The molecule has 6 nitrogen and oxygen atoms in total. The Bertz CT molecular complexity index is 543. The second kappa shape index (κ2) is 5.19. The van der Waals surface area contributed by atoms with Crippen LogP contribution in [0.25, 0.3) is 5.82 Å². The third kappa shape index (κ3) is 2.48. The van der Waals surface area contributed by atoms with Crippen LogP contribution in [0.3, 0.4) is 0 Å². The Kier molecular flexibility index (Phi) is 3.24. The standard InChI is InChI=1S/C13H15N5O/c19-13(17-6-3-14-4-7-17)11-1-2-12(16-9-11)18-8-5-15-10-18/h1-2,5,8-10,14H,3-4,6-7H2. The van der Waals surface area contributed by atoms with E-state index in [4.69, 9.17) is 0 Å². The van der Waals surface area contributed by atoms with Crippen LogP contribution in [-0.4, -0.2) is 51.5 Å². The van der Waals surface area contributed by atoms with Gasteiger partial charge in [-0.05, 0) is 12.1 Å². The first kappa shape index (κ1) is 11.9. The van der Waals surface area contributed by atoms with E-state index < -0.39 is 0 Å². The number of amides is 1. The van der Waals surface area contributed by atoms with Crippen LogP contribution < -0.4 is 5.32 Å². The first-order chi connectivity index (χ1) is 9.34. The Morgan fingerprint density at radius 3 is 2.74 bits per heavy atom. The molecule has 1 aliphatic heterocycles. The van der Waals surface area contributed by atoms with Gasteiger partial charge in [0.1, 0.15) is 12.1 Å². The van der Waals surface area contributed by atoms with Crippen LogP contribution in [0.15, 0.2) is 37.1 Å². The largest absolute Gasteiger partial charge is 0.336 e. The highest BCUT2D eigenvalue weighted by atomic mass is 16.2. The zero-order valence-corrected chi connectivity index (χ0v) is 10.5. The third-order valence-corrected chi connectivity index (χ3v) is 3.17. The average Bonchev–Trinajstić information content (AvgIpc) is 3.02. The maximum absolute atomic E-state index is 12.2. The maximum atomic E-state index is 12.2. The predicted molar refractivity (Wildman–Crippen MR) is 70.1 cm³/mol. The van der Waals surface area contributed by atoms with E-state index in [-0.39, 0.29) is 5.91 Å². The maximum Gasteiger partial charge on any atom is 0.255 e. The molecule has 2 aromatic rings. The third-order valence-electron chi connectivity index (χ3n) is 3.17. The second-order valence-electron chi connectivity index (χ2n) is 4.42. The molecule has 0 unspecified atom stereocenters. The fourth-order valence-electron chi connectivity index (χ4n) is 2.11. The number of nitrogens with one attached hydrogen (secondary N) is 1. The summed E-state index contributed by atoms with van der Waals surface area (Å²) in [5.41, 5.74) is 0.630. The molecule has 0 atom stereocenters. The van der Waals surface area contributed by atoms with Gasteiger partial charge in [0.15, 0.2) is 0 Å². The monoisotopic (exact) mass is 257 g/mol. The summed E-state index contributed by atoms with van der Waals surface area (Å²) in [5, 5.41) is 3.23. The second-order valence-corrected chi connectivity index (χ2v) is 4.42. The van der Waals surface area contributed by atoms with Crippen LogP contribution in [0, 0.1) is 0 Å². The lowest BCUT2D eigenvalue weighted by Crippen LogP contribution is -2.46. The fourth-order valence-corrected chi connectivity index (χ4v) is 2.11. The molecule has 19 heavy (non-hydrogen) atoms.